The summed E-state index contributed by atoms with van der Waals surface area (Å²) in [6.45, 7) is 2.12. The third-order valence-corrected chi connectivity index (χ3v) is 4.97. The minimum atomic E-state index is -0.370. The predicted octanol–water partition coefficient (Wildman–Crippen LogP) is 1.38. The average Bonchev–Trinajstić information content (AvgIpc) is 2.74. The van der Waals surface area contributed by atoms with Gasteiger partial charge in [-0.05, 0) is 25.0 Å². The smallest absolute Gasteiger partial charge is 0.224 e. The molecule has 3 N–H and O–H groups in total. The number of ketones is 1. The minimum absolute atomic E-state index is 0.0823. The number of nitrogens with zero attached hydrogens (tertiary/aromatic N) is 3. The minimum Gasteiger partial charge on any atom is -0.496 e. The van der Waals surface area contributed by atoms with Crippen LogP contribution in [0.1, 0.15) is 28.8 Å². The summed E-state index contributed by atoms with van der Waals surface area (Å²) < 4.78 is 10.6. The lowest BCUT2D eigenvalue weighted by Crippen LogP contribution is -2.40. The molecular weight excluding hydrogens is 374 g/mol. The standard InChI is InChI=1S/C20H25N5O4/c1-28-15-4-3-5-16(29-2)17(15)18(27)14-12-22-20(24-19(14)21)23-13-6-8-25(9-7-13)10-11-26/h3-5,11-13H,6-10H2,1-2H3,(H3,21,22,23,24). The largest absolute Gasteiger partial charge is 0.496 e. The molecule has 3 rings (SSSR count). The summed E-state index contributed by atoms with van der Waals surface area (Å²) in [6.07, 6.45) is 4.08. The number of rotatable bonds is 8. The number of piperidine rings is 1. The zero-order chi connectivity index (χ0) is 20.8. The topological polar surface area (TPSA) is 120 Å². The van der Waals surface area contributed by atoms with E-state index in [2.05, 4.69) is 20.2 Å². The van der Waals surface area contributed by atoms with Gasteiger partial charge in [0.1, 0.15) is 29.2 Å². The lowest BCUT2D eigenvalue weighted by Gasteiger charge is -2.31. The fourth-order valence-electron chi connectivity index (χ4n) is 3.40. The van der Waals surface area contributed by atoms with Crippen LogP contribution < -0.4 is 20.5 Å². The lowest BCUT2D eigenvalue weighted by molar-refractivity contribution is -0.109. The molecule has 0 atom stereocenters. The first-order chi connectivity index (χ1) is 14.1. The number of methoxy groups -OCH3 is 2. The highest BCUT2D eigenvalue weighted by Crippen LogP contribution is 2.31. The van der Waals surface area contributed by atoms with E-state index in [9.17, 15) is 9.59 Å². The van der Waals surface area contributed by atoms with E-state index in [0.717, 1.165) is 32.2 Å². The molecule has 154 valence electrons. The number of nitrogens with two attached hydrogens (primary N) is 1. The first-order valence-electron chi connectivity index (χ1n) is 9.38. The summed E-state index contributed by atoms with van der Waals surface area (Å²) in [5.74, 6) is 0.861. The zero-order valence-electron chi connectivity index (χ0n) is 16.6. The second kappa shape index (κ2) is 9.33. The third-order valence-electron chi connectivity index (χ3n) is 4.97. The van der Waals surface area contributed by atoms with Gasteiger partial charge in [-0.2, -0.15) is 4.98 Å². The fourth-order valence-corrected chi connectivity index (χ4v) is 3.40. The molecule has 9 heteroatoms. The van der Waals surface area contributed by atoms with E-state index in [4.69, 9.17) is 15.2 Å². The van der Waals surface area contributed by atoms with E-state index < -0.39 is 0 Å². The molecule has 0 unspecified atom stereocenters. The first kappa shape index (κ1) is 20.5. The molecule has 1 saturated heterocycles. The number of hydrogen-bond acceptors (Lipinski definition) is 9. The van der Waals surface area contributed by atoms with Crippen molar-refractivity contribution in [2.45, 2.75) is 18.9 Å². The molecule has 0 aliphatic carbocycles. The van der Waals surface area contributed by atoms with Crippen LogP contribution in [0.2, 0.25) is 0 Å². The molecule has 2 aromatic rings. The van der Waals surface area contributed by atoms with Gasteiger partial charge in [-0.25, -0.2) is 4.98 Å². The van der Waals surface area contributed by atoms with Crippen molar-refractivity contribution in [1.29, 1.82) is 0 Å². The summed E-state index contributed by atoms with van der Waals surface area (Å²) in [6, 6.07) is 5.29. The molecule has 0 bridgehead atoms. The molecule has 1 aromatic heterocycles. The molecule has 1 aliphatic rings. The Morgan fingerprint density at radius 1 is 1.28 bits per heavy atom. The maximum atomic E-state index is 13.1. The van der Waals surface area contributed by atoms with Gasteiger partial charge in [0, 0.05) is 25.3 Å². The van der Waals surface area contributed by atoms with Gasteiger partial charge in [0.15, 0.2) is 0 Å². The number of nitrogens with one attached hydrogen (secondary N) is 1. The maximum absolute atomic E-state index is 13.1. The van der Waals surface area contributed by atoms with Crippen LogP contribution in [0.4, 0.5) is 11.8 Å². The van der Waals surface area contributed by atoms with Crippen LogP contribution in [0.5, 0.6) is 11.5 Å². The molecule has 0 amide bonds. The van der Waals surface area contributed by atoms with Crippen molar-refractivity contribution in [1.82, 2.24) is 14.9 Å². The average molecular weight is 399 g/mol. The molecule has 1 aromatic carbocycles. The summed E-state index contributed by atoms with van der Waals surface area (Å²) in [7, 11) is 2.97. The highest BCUT2D eigenvalue weighted by Gasteiger charge is 2.24. The van der Waals surface area contributed by atoms with Crippen LogP contribution in [-0.2, 0) is 4.79 Å². The van der Waals surface area contributed by atoms with E-state index in [1.54, 1.807) is 18.2 Å². The Balaban J connectivity index is 1.75. The number of aromatic nitrogens is 2. The Morgan fingerprint density at radius 3 is 2.48 bits per heavy atom. The van der Waals surface area contributed by atoms with Gasteiger partial charge in [0.25, 0.3) is 0 Å². The molecule has 0 saturated carbocycles. The predicted molar refractivity (Wildman–Crippen MR) is 109 cm³/mol. The van der Waals surface area contributed by atoms with E-state index in [1.807, 2.05) is 0 Å². The summed E-state index contributed by atoms with van der Waals surface area (Å²) >= 11 is 0. The molecular formula is C20H25N5O4. The van der Waals surface area contributed by atoms with Crippen molar-refractivity contribution >= 4 is 23.8 Å². The zero-order valence-corrected chi connectivity index (χ0v) is 16.6. The van der Waals surface area contributed by atoms with E-state index >= 15 is 0 Å². The van der Waals surface area contributed by atoms with Crippen molar-refractivity contribution in [2.75, 3.05) is 44.9 Å². The van der Waals surface area contributed by atoms with Crippen molar-refractivity contribution in [3.8, 4) is 11.5 Å². The Morgan fingerprint density at radius 2 is 1.93 bits per heavy atom. The fraction of sp³-hybridized carbons (Fsp3) is 0.400. The Kier molecular flexibility index (Phi) is 6.61. The maximum Gasteiger partial charge on any atom is 0.224 e. The van der Waals surface area contributed by atoms with Gasteiger partial charge in [-0.15, -0.1) is 0 Å². The Hall–Kier alpha value is -3.20. The molecule has 0 spiro atoms. The van der Waals surface area contributed by atoms with Crippen LogP contribution in [0.15, 0.2) is 24.4 Å². The number of benzene rings is 1. The Bertz CT molecular complexity index is 859. The monoisotopic (exact) mass is 399 g/mol. The van der Waals surface area contributed by atoms with Gasteiger partial charge in [-0.3, -0.25) is 9.69 Å². The number of likely N-dealkylation sites (tertiary alicyclic amines) is 1. The van der Waals surface area contributed by atoms with Gasteiger partial charge in [-0.1, -0.05) is 6.07 Å². The number of carbonyl (C=O) groups excluding carboxylic acids is 2. The van der Waals surface area contributed by atoms with Gasteiger partial charge < -0.3 is 25.3 Å². The first-order valence-corrected chi connectivity index (χ1v) is 9.38. The van der Waals surface area contributed by atoms with Crippen LogP contribution in [0.25, 0.3) is 0 Å². The van der Waals surface area contributed by atoms with Gasteiger partial charge in [0.05, 0.1) is 26.3 Å². The van der Waals surface area contributed by atoms with E-state index in [-0.39, 0.29) is 28.8 Å². The summed E-state index contributed by atoms with van der Waals surface area (Å²) in [4.78, 5) is 34.3. The van der Waals surface area contributed by atoms with Gasteiger partial charge >= 0.3 is 0 Å². The lowest BCUT2D eigenvalue weighted by atomic mass is 10.0. The SMILES string of the molecule is COc1cccc(OC)c1C(=O)c1cnc(NC2CCN(CC=O)CC2)nc1N. The number of anilines is 2. The second-order valence-corrected chi connectivity index (χ2v) is 6.75. The van der Waals surface area contributed by atoms with Crippen molar-refractivity contribution in [3.05, 3.63) is 35.5 Å². The molecule has 1 aliphatic heterocycles. The molecule has 2 heterocycles. The highest BCUT2D eigenvalue weighted by molar-refractivity contribution is 6.14. The number of hydrogen-bond donors (Lipinski definition) is 2. The molecule has 1 fully saturated rings. The Labute approximate surface area is 169 Å². The van der Waals surface area contributed by atoms with Crippen molar-refractivity contribution < 1.29 is 19.1 Å². The molecule has 29 heavy (non-hydrogen) atoms. The molecule has 9 nitrogen and oxygen atoms in total. The third kappa shape index (κ3) is 4.62. The van der Waals surface area contributed by atoms with Crippen LogP contribution >= 0.6 is 0 Å². The second-order valence-electron chi connectivity index (χ2n) is 6.75. The van der Waals surface area contributed by atoms with Gasteiger partial charge in [0.2, 0.25) is 11.7 Å². The number of carbonyl (C=O) groups is 2. The summed E-state index contributed by atoms with van der Waals surface area (Å²) in [5, 5.41) is 3.26. The number of aldehydes is 1. The number of ether oxygens (including phenoxy) is 2. The quantitative estimate of drug-likeness (QED) is 0.501. The highest BCUT2D eigenvalue weighted by atomic mass is 16.5. The van der Waals surface area contributed by atoms with Crippen LogP contribution in [-0.4, -0.2) is 66.8 Å². The van der Waals surface area contributed by atoms with Crippen LogP contribution in [0.3, 0.4) is 0 Å². The summed E-state index contributed by atoms with van der Waals surface area (Å²) in [5.41, 5.74) is 6.52. The normalized spacial score (nSPS) is 15.0. The van der Waals surface area contributed by atoms with Crippen LogP contribution in [0, 0.1) is 0 Å². The van der Waals surface area contributed by atoms with E-state index in [1.165, 1.54) is 20.4 Å². The number of nitrogen functional groups attached to an aromatic ring is 1. The van der Waals surface area contributed by atoms with Crippen molar-refractivity contribution in [3.63, 3.8) is 0 Å². The van der Waals surface area contributed by atoms with Crippen molar-refractivity contribution in [2.24, 2.45) is 0 Å². The van der Waals surface area contributed by atoms with E-state index in [0.29, 0.717) is 24.0 Å². The molecule has 0 radical (unpaired) electrons.